The first-order chi connectivity index (χ1) is 9.65. The predicted octanol–water partition coefficient (Wildman–Crippen LogP) is 2.25. The molecule has 1 aromatic carbocycles. The predicted molar refractivity (Wildman–Crippen MR) is 71.2 cm³/mol. The fourth-order valence-corrected chi connectivity index (χ4v) is 2.58. The van der Waals surface area contributed by atoms with Gasteiger partial charge in [0.15, 0.2) is 0 Å². The third kappa shape index (κ3) is 2.24. The van der Waals surface area contributed by atoms with Gasteiger partial charge in [-0.25, -0.2) is 4.79 Å². The normalized spacial score (nSPS) is 20.5. The highest BCUT2D eigenvalue weighted by molar-refractivity contribution is 5.90. The highest BCUT2D eigenvalue weighted by Gasteiger charge is 2.35. The van der Waals surface area contributed by atoms with Crippen LogP contribution in [-0.2, 0) is 4.79 Å². The van der Waals surface area contributed by atoms with Gasteiger partial charge in [0.25, 0.3) is 5.69 Å². The van der Waals surface area contributed by atoms with Crippen molar-refractivity contribution >= 4 is 11.7 Å². The zero-order chi connectivity index (χ0) is 14.1. The first-order valence-electron chi connectivity index (χ1n) is 6.58. The van der Waals surface area contributed by atoms with Gasteiger partial charge in [-0.15, -0.1) is 0 Å². The molecule has 6 nitrogen and oxygen atoms in total. The van der Waals surface area contributed by atoms with Gasteiger partial charge < -0.3 is 9.64 Å². The molecule has 1 fully saturated rings. The molecule has 1 aromatic rings. The SMILES string of the molecule is O=C(Oc1ccc([N+](=O)[O-])cc1)C1=CCCC2CCN12. The number of rotatable bonds is 3. The van der Waals surface area contributed by atoms with Crippen LogP contribution in [0.5, 0.6) is 5.75 Å². The molecule has 2 aliphatic rings. The number of nitrogens with zero attached hydrogens (tertiary/aromatic N) is 2. The Kier molecular flexibility index (Phi) is 3.14. The Balaban J connectivity index is 1.69. The van der Waals surface area contributed by atoms with Gasteiger partial charge in [0.1, 0.15) is 11.4 Å². The first kappa shape index (κ1) is 12.7. The van der Waals surface area contributed by atoms with E-state index >= 15 is 0 Å². The van der Waals surface area contributed by atoms with Crippen LogP contribution in [-0.4, -0.2) is 28.4 Å². The van der Waals surface area contributed by atoms with Gasteiger partial charge in [0.2, 0.25) is 0 Å². The maximum absolute atomic E-state index is 12.1. The van der Waals surface area contributed by atoms with E-state index in [9.17, 15) is 14.9 Å². The van der Waals surface area contributed by atoms with E-state index < -0.39 is 4.92 Å². The van der Waals surface area contributed by atoms with Crippen LogP contribution in [0.1, 0.15) is 19.3 Å². The van der Waals surface area contributed by atoms with Crippen LogP contribution in [0.3, 0.4) is 0 Å². The highest BCUT2D eigenvalue weighted by Crippen LogP contribution is 2.32. The number of carbonyl (C=O) groups is 1. The molecule has 0 aromatic heterocycles. The summed E-state index contributed by atoms with van der Waals surface area (Å²) < 4.78 is 5.27. The second kappa shape index (κ2) is 4.96. The molecule has 1 atom stereocenters. The van der Waals surface area contributed by atoms with Crippen LogP contribution in [0, 0.1) is 10.1 Å². The number of ether oxygens (including phenoxy) is 1. The molecule has 0 radical (unpaired) electrons. The first-order valence-corrected chi connectivity index (χ1v) is 6.58. The molecule has 1 unspecified atom stereocenters. The van der Waals surface area contributed by atoms with E-state index in [1.807, 2.05) is 6.08 Å². The van der Waals surface area contributed by atoms with Crippen molar-refractivity contribution in [3.8, 4) is 5.75 Å². The van der Waals surface area contributed by atoms with Crippen molar-refractivity contribution in [1.82, 2.24) is 4.90 Å². The van der Waals surface area contributed by atoms with Crippen LogP contribution >= 0.6 is 0 Å². The summed E-state index contributed by atoms with van der Waals surface area (Å²) in [5.41, 5.74) is 0.593. The third-order valence-electron chi connectivity index (χ3n) is 3.76. The number of hydrogen-bond acceptors (Lipinski definition) is 5. The fourth-order valence-electron chi connectivity index (χ4n) is 2.58. The number of benzene rings is 1. The average Bonchev–Trinajstić information content (AvgIpc) is 2.40. The van der Waals surface area contributed by atoms with Crippen LogP contribution < -0.4 is 4.74 Å². The molecule has 6 heteroatoms. The number of fused-ring (bicyclic) bond motifs is 1. The van der Waals surface area contributed by atoms with Crippen molar-refractivity contribution in [2.24, 2.45) is 0 Å². The van der Waals surface area contributed by atoms with Crippen molar-refractivity contribution in [2.75, 3.05) is 6.54 Å². The Hall–Kier alpha value is -2.37. The minimum absolute atomic E-state index is 0.0236. The van der Waals surface area contributed by atoms with E-state index in [4.69, 9.17) is 4.74 Å². The molecular weight excluding hydrogens is 260 g/mol. The van der Waals surface area contributed by atoms with Gasteiger partial charge in [0.05, 0.1) is 4.92 Å². The number of esters is 1. The summed E-state index contributed by atoms with van der Waals surface area (Å²) in [5, 5.41) is 10.6. The van der Waals surface area contributed by atoms with E-state index in [2.05, 4.69) is 4.90 Å². The molecule has 0 amide bonds. The minimum atomic E-state index is -0.486. The van der Waals surface area contributed by atoms with Crippen LogP contribution in [0.25, 0.3) is 0 Å². The summed E-state index contributed by atoms with van der Waals surface area (Å²) in [4.78, 5) is 24.2. The topological polar surface area (TPSA) is 72.7 Å². The molecule has 2 aliphatic heterocycles. The van der Waals surface area contributed by atoms with Crippen molar-refractivity contribution in [3.63, 3.8) is 0 Å². The maximum Gasteiger partial charge on any atom is 0.359 e. The standard InChI is InChI=1S/C14H14N2O4/c17-14(13-3-1-2-10-8-9-15(10)13)20-12-6-4-11(5-7-12)16(18)19/h3-7,10H,1-2,8-9H2. The molecule has 0 aliphatic carbocycles. The van der Waals surface area contributed by atoms with Gasteiger partial charge in [-0.2, -0.15) is 0 Å². The van der Waals surface area contributed by atoms with E-state index in [0.717, 1.165) is 25.8 Å². The van der Waals surface area contributed by atoms with Crippen LogP contribution in [0.15, 0.2) is 36.0 Å². The lowest BCUT2D eigenvalue weighted by Gasteiger charge is -2.45. The Bertz CT molecular complexity index is 579. The van der Waals surface area contributed by atoms with Crippen LogP contribution in [0.4, 0.5) is 5.69 Å². The Labute approximate surface area is 115 Å². The summed E-state index contributed by atoms with van der Waals surface area (Å²) in [6.45, 7) is 0.895. The smallest absolute Gasteiger partial charge is 0.359 e. The van der Waals surface area contributed by atoms with E-state index in [1.54, 1.807) is 0 Å². The quantitative estimate of drug-likeness (QED) is 0.366. The van der Waals surface area contributed by atoms with Gasteiger partial charge >= 0.3 is 5.97 Å². The molecule has 0 spiro atoms. The molecule has 1 saturated heterocycles. The summed E-state index contributed by atoms with van der Waals surface area (Å²) in [5.74, 6) is -0.0626. The van der Waals surface area contributed by atoms with E-state index in [1.165, 1.54) is 24.3 Å². The zero-order valence-electron chi connectivity index (χ0n) is 10.8. The molecule has 20 heavy (non-hydrogen) atoms. The van der Waals surface area contributed by atoms with Crippen molar-refractivity contribution < 1.29 is 14.5 Å². The average molecular weight is 274 g/mol. The fraction of sp³-hybridized carbons (Fsp3) is 0.357. The molecular formula is C14H14N2O4. The molecule has 0 N–H and O–H groups in total. The Morgan fingerprint density at radius 1 is 1.30 bits per heavy atom. The molecule has 104 valence electrons. The number of nitro benzene ring substituents is 1. The summed E-state index contributed by atoms with van der Waals surface area (Å²) in [6, 6.07) is 5.99. The Morgan fingerprint density at radius 2 is 2.05 bits per heavy atom. The second-order valence-electron chi connectivity index (χ2n) is 4.94. The number of non-ortho nitro benzene ring substituents is 1. The molecule has 0 saturated carbocycles. The van der Waals surface area contributed by atoms with Gasteiger partial charge in [-0.3, -0.25) is 10.1 Å². The largest absolute Gasteiger partial charge is 0.422 e. The van der Waals surface area contributed by atoms with Crippen molar-refractivity contribution in [1.29, 1.82) is 0 Å². The van der Waals surface area contributed by atoms with Gasteiger partial charge in [-0.05, 0) is 31.4 Å². The number of allylic oxidation sites excluding steroid dienone is 1. The monoisotopic (exact) mass is 274 g/mol. The number of hydrogen-bond donors (Lipinski definition) is 0. The second-order valence-corrected chi connectivity index (χ2v) is 4.94. The van der Waals surface area contributed by atoms with Crippen LogP contribution in [0.2, 0.25) is 0 Å². The van der Waals surface area contributed by atoms with Crippen molar-refractivity contribution in [2.45, 2.75) is 25.3 Å². The maximum atomic E-state index is 12.1. The minimum Gasteiger partial charge on any atom is -0.422 e. The van der Waals surface area contributed by atoms with E-state index in [0.29, 0.717) is 17.5 Å². The molecule has 3 rings (SSSR count). The lowest BCUT2D eigenvalue weighted by molar-refractivity contribution is -0.384. The van der Waals surface area contributed by atoms with Crippen molar-refractivity contribution in [3.05, 3.63) is 46.2 Å². The summed E-state index contributed by atoms with van der Waals surface area (Å²) >= 11 is 0. The number of nitro groups is 1. The lowest BCUT2D eigenvalue weighted by Crippen LogP contribution is -2.50. The summed E-state index contributed by atoms with van der Waals surface area (Å²) in [7, 11) is 0. The van der Waals surface area contributed by atoms with Gasteiger partial charge in [-0.1, -0.05) is 6.08 Å². The number of carbonyl (C=O) groups excluding carboxylic acids is 1. The molecule has 0 bridgehead atoms. The summed E-state index contributed by atoms with van der Waals surface area (Å²) in [6.07, 6.45) is 5.02. The third-order valence-corrected chi connectivity index (χ3v) is 3.76. The van der Waals surface area contributed by atoms with E-state index in [-0.39, 0.29) is 11.7 Å². The zero-order valence-corrected chi connectivity index (χ0v) is 10.8. The van der Waals surface area contributed by atoms with Gasteiger partial charge in [0, 0.05) is 24.7 Å². The lowest BCUT2D eigenvalue weighted by atomic mass is 9.92. The highest BCUT2D eigenvalue weighted by atomic mass is 16.6. The Morgan fingerprint density at radius 3 is 2.65 bits per heavy atom. The molecule has 2 heterocycles.